The third-order valence-corrected chi connectivity index (χ3v) is 2.81. The summed E-state index contributed by atoms with van der Waals surface area (Å²) in [6.07, 6.45) is 1.78. The minimum absolute atomic E-state index is 0.234. The van der Waals surface area contributed by atoms with E-state index in [4.69, 9.17) is 18.3 Å². The Hall–Kier alpha value is -0.680. The largest absolute Gasteiger partial charge is 0.444 e. The molecule has 0 rings (SSSR count). The van der Waals surface area contributed by atoms with Crippen molar-refractivity contribution < 1.29 is 23.1 Å². The Bertz CT molecular complexity index is 276. The van der Waals surface area contributed by atoms with Crippen LogP contribution in [-0.2, 0) is 18.3 Å². The summed E-state index contributed by atoms with van der Waals surface area (Å²) in [5.74, 6) is 0. The van der Waals surface area contributed by atoms with Crippen LogP contribution in [0.15, 0.2) is 12.7 Å². The van der Waals surface area contributed by atoms with Crippen LogP contribution in [-0.4, -0.2) is 38.6 Å². The molecular formula is C12H24NO5P. The maximum Gasteiger partial charge on any atom is 0.407 e. The van der Waals surface area contributed by atoms with Gasteiger partial charge in [-0.3, -0.25) is 0 Å². The van der Waals surface area contributed by atoms with Crippen LogP contribution in [0.5, 0.6) is 0 Å². The Morgan fingerprint density at radius 3 is 2.37 bits per heavy atom. The second kappa shape index (κ2) is 9.26. The summed E-state index contributed by atoms with van der Waals surface area (Å²) in [5.41, 5.74) is -0.532. The molecular weight excluding hydrogens is 269 g/mol. The molecule has 0 bridgehead atoms. The van der Waals surface area contributed by atoms with Crippen molar-refractivity contribution in [2.45, 2.75) is 38.8 Å². The van der Waals surface area contributed by atoms with Crippen molar-refractivity contribution in [1.29, 1.82) is 0 Å². The fraction of sp³-hybridized carbons (Fsp3) is 0.750. The van der Waals surface area contributed by atoms with E-state index >= 15 is 0 Å². The van der Waals surface area contributed by atoms with Gasteiger partial charge in [0.05, 0.1) is 12.6 Å². The Morgan fingerprint density at radius 1 is 1.37 bits per heavy atom. The van der Waals surface area contributed by atoms with E-state index in [1.807, 2.05) is 0 Å². The number of nitrogens with one attached hydrogen (secondary N) is 1. The van der Waals surface area contributed by atoms with Gasteiger partial charge in [0.25, 0.3) is 0 Å². The first-order valence-electron chi connectivity index (χ1n) is 5.94. The van der Waals surface area contributed by atoms with Gasteiger partial charge in [0, 0.05) is 14.2 Å². The van der Waals surface area contributed by atoms with E-state index < -0.39 is 20.3 Å². The van der Waals surface area contributed by atoms with Gasteiger partial charge in [0.15, 0.2) is 0 Å². The molecule has 0 aromatic rings. The highest BCUT2D eigenvalue weighted by Gasteiger charge is 2.20. The number of rotatable bonds is 8. The average Bonchev–Trinajstić information content (AvgIpc) is 2.27. The van der Waals surface area contributed by atoms with Gasteiger partial charge in [0.1, 0.15) is 5.60 Å². The maximum atomic E-state index is 11.6. The van der Waals surface area contributed by atoms with Gasteiger partial charge in [-0.05, 0) is 27.2 Å². The number of carbonyl (C=O) groups is 1. The fourth-order valence-corrected chi connectivity index (χ4v) is 1.84. The predicted octanol–water partition coefficient (Wildman–Crippen LogP) is 2.99. The highest BCUT2D eigenvalue weighted by Crippen LogP contribution is 2.37. The molecule has 1 atom stereocenters. The van der Waals surface area contributed by atoms with Gasteiger partial charge in [-0.2, -0.15) is 0 Å². The van der Waals surface area contributed by atoms with E-state index in [0.29, 0.717) is 6.42 Å². The molecule has 7 heteroatoms. The molecule has 1 amide bonds. The lowest BCUT2D eigenvalue weighted by molar-refractivity contribution is 0.0483. The molecule has 0 aliphatic carbocycles. The van der Waals surface area contributed by atoms with E-state index in [2.05, 4.69) is 11.9 Å². The van der Waals surface area contributed by atoms with E-state index in [0.717, 1.165) is 0 Å². The number of alkyl carbamates (subject to hydrolysis) is 1. The van der Waals surface area contributed by atoms with Gasteiger partial charge in [-0.15, -0.1) is 6.58 Å². The first-order valence-corrected chi connectivity index (χ1v) is 7.03. The van der Waals surface area contributed by atoms with Crippen LogP contribution >= 0.6 is 8.60 Å². The maximum absolute atomic E-state index is 11.6. The Kier molecular flexibility index (Phi) is 8.93. The molecule has 0 spiro atoms. The van der Waals surface area contributed by atoms with Crippen molar-refractivity contribution >= 4 is 14.7 Å². The molecule has 19 heavy (non-hydrogen) atoms. The van der Waals surface area contributed by atoms with Crippen molar-refractivity contribution in [3.63, 3.8) is 0 Å². The average molecular weight is 293 g/mol. The molecule has 6 nitrogen and oxygen atoms in total. The zero-order chi connectivity index (χ0) is 14.9. The van der Waals surface area contributed by atoms with Crippen LogP contribution in [0.1, 0.15) is 27.2 Å². The van der Waals surface area contributed by atoms with E-state index in [9.17, 15) is 4.79 Å². The topological polar surface area (TPSA) is 66.0 Å². The van der Waals surface area contributed by atoms with Gasteiger partial charge < -0.3 is 23.6 Å². The second-order valence-electron chi connectivity index (χ2n) is 4.75. The van der Waals surface area contributed by atoms with Crippen LogP contribution < -0.4 is 5.32 Å². The minimum atomic E-state index is -1.38. The van der Waals surface area contributed by atoms with Crippen LogP contribution in [0, 0.1) is 0 Å². The summed E-state index contributed by atoms with van der Waals surface area (Å²) < 4.78 is 20.5. The molecule has 0 fully saturated rings. The van der Waals surface area contributed by atoms with E-state index in [1.54, 1.807) is 26.8 Å². The number of hydrogen-bond acceptors (Lipinski definition) is 5. The number of hydrogen-bond donors (Lipinski definition) is 1. The summed E-state index contributed by atoms with van der Waals surface area (Å²) in [6.45, 7) is 9.33. The van der Waals surface area contributed by atoms with Gasteiger partial charge >= 0.3 is 14.7 Å². The minimum Gasteiger partial charge on any atom is -0.444 e. The van der Waals surface area contributed by atoms with Crippen LogP contribution in [0.2, 0.25) is 0 Å². The van der Waals surface area contributed by atoms with Crippen LogP contribution in [0.4, 0.5) is 4.79 Å². The van der Waals surface area contributed by atoms with E-state index in [-0.39, 0.29) is 12.6 Å². The molecule has 0 aliphatic heterocycles. The van der Waals surface area contributed by atoms with Crippen LogP contribution in [0.3, 0.4) is 0 Å². The van der Waals surface area contributed by atoms with Crippen molar-refractivity contribution in [1.82, 2.24) is 5.32 Å². The van der Waals surface area contributed by atoms with E-state index in [1.165, 1.54) is 14.2 Å². The second-order valence-corrected chi connectivity index (χ2v) is 6.19. The SMILES string of the molecule is C=CCC(COP(OC)OC)NC(=O)OC(C)(C)C. The normalized spacial score (nSPS) is 13.2. The third kappa shape index (κ3) is 9.85. The summed E-state index contributed by atoms with van der Waals surface area (Å²) >= 11 is 0. The molecule has 112 valence electrons. The summed E-state index contributed by atoms with van der Waals surface area (Å²) in [4.78, 5) is 11.6. The lowest BCUT2D eigenvalue weighted by Crippen LogP contribution is -2.41. The molecule has 0 aromatic carbocycles. The fourth-order valence-electron chi connectivity index (χ4n) is 1.17. The quantitative estimate of drug-likeness (QED) is 0.550. The molecule has 1 unspecified atom stereocenters. The predicted molar refractivity (Wildman–Crippen MR) is 74.9 cm³/mol. The highest BCUT2D eigenvalue weighted by atomic mass is 31.2. The molecule has 0 heterocycles. The smallest absolute Gasteiger partial charge is 0.407 e. The zero-order valence-corrected chi connectivity index (χ0v) is 13.2. The first-order chi connectivity index (χ1) is 8.82. The molecule has 1 N–H and O–H groups in total. The van der Waals surface area contributed by atoms with Crippen molar-refractivity contribution in [2.75, 3.05) is 20.8 Å². The van der Waals surface area contributed by atoms with Gasteiger partial charge in [-0.25, -0.2) is 4.79 Å². The molecule has 0 aromatic heterocycles. The Balaban J connectivity index is 4.25. The Labute approximate surface area is 116 Å². The zero-order valence-electron chi connectivity index (χ0n) is 12.3. The molecule has 0 radical (unpaired) electrons. The molecule has 0 saturated carbocycles. The molecule has 0 saturated heterocycles. The Morgan fingerprint density at radius 2 is 1.95 bits per heavy atom. The third-order valence-electron chi connectivity index (χ3n) is 1.85. The summed E-state index contributed by atoms with van der Waals surface area (Å²) in [6, 6.07) is -0.234. The van der Waals surface area contributed by atoms with Crippen LogP contribution in [0.25, 0.3) is 0 Å². The lowest BCUT2D eigenvalue weighted by atomic mass is 10.2. The standard InChI is InChI=1S/C12H24NO5P/c1-7-8-10(9-17-19(15-5)16-6)13-11(14)18-12(2,3)4/h7,10H,1,8-9H2,2-6H3,(H,13,14). The van der Waals surface area contributed by atoms with Crippen molar-refractivity contribution in [2.24, 2.45) is 0 Å². The van der Waals surface area contributed by atoms with Gasteiger partial charge in [-0.1, -0.05) is 6.08 Å². The number of carbonyl (C=O) groups excluding carboxylic acids is 1. The summed E-state index contributed by atoms with van der Waals surface area (Å²) in [7, 11) is 1.62. The monoisotopic (exact) mass is 293 g/mol. The van der Waals surface area contributed by atoms with Crippen molar-refractivity contribution in [3.05, 3.63) is 12.7 Å². The first kappa shape index (κ1) is 18.3. The molecule has 0 aliphatic rings. The summed E-state index contributed by atoms with van der Waals surface area (Å²) in [5, 5.41) is 2.72. The van der Waals surface area contributed by atoms with Crippen molar-refractivity contribution in [3.8, 4) is 0 Å². The lowest BCUT2D eigenvalue weighted by Gasteiger charge is -2.23. The van der Waals surface area contributed by atoms with Gasteiger partial charge in [0.2, 0.25) is 0 Å². The highest BCUT2D eigenvalue weighted by molar-refractivity contribution is 7.41. The number of amides is 1. The number of ether oxygens (including phenoxy) is 1.